The van der Waals surface area contributed by atoms with Crippen molar-refractivity contribution < 1.29 is 9.59 Å². The van der Waals surface area contributed by atoms with Crippen molar-refractivity contribution in [2.24, 2.45) is 5.92 Å². The average molecular weight is 404 g/mol. The van der Waals surface area contributed by atoms with E-state index in [0.29, 0.717) is 13.1 Å². The summed E-state index contributed by atoms with van der Waals surface area (Å²) in [6.07, 6.45) is 3.16. The highest BCUT2D eigenvalue weighted by molar-refractivity contribution is 7.18. The fourth-order valence-electron chi connectivity index (χ4n) is 3.75. The van der Waals surface area contributed by atoms with Gasteiger partial charge in [-0.15, -0.1) is 11.3 Å². The smallest absolute Gasteiger partial charge is 0.241 e. The zero-order valence-electron chi connectivity index (χ0n) is 17.1. The minimum Gasteiger partial charge on any atom is -0.356 e. The number of nitrogens with one attached hydrogen (secondary N) is 1. The molecule has 0 saturated carbocycles. The molecule has 2 aromatic rings. The van der Waals surface area contributed by atoms with Crippen LogP contribution in [0, 0.1) is 19.8 Å². The maximum absolute atomic E-state index is 12.5. The molecule has 7 nitrogen and oxygen atoms in total. The normalized spacial score (nSPS) is 15.1. The minimum atomic E-state index is -0.0524. The maximum atomic E-state index is 12.5. The van der Waals surface area contributed by atoms with Gasteiger partial charge in [-0.1, -0.05) is 0 Å². The van der Waals surface area contributed by atoms with Gasteiger partial charge >= 0.3 is 0 Å². The molecule has 1 fully saturated rings. The van der Waals surface area contributed by atoms with E-state index in [9.17, 15) is 9.59 Å². The van der Waals surface area contributed by atoms with Gasteiger partial charge in [-0.25, -0.2) is 9.97 Å². The summed E-state index contributed by atoms with van der Waals surface area (Å²) in [6, 6.07) is 0. The molecule has 152 valence electrons. The number of likely N-dealkylation sites (N-methyl/N-ethyl adjacent to an activating group) is 1. The third kappa shape index (κ3) is 4.11. The van der Waals surface area contributed by atoms with Crippen LogP contribution in [-0.4, -0.2) is 59.4 Å². The van der Waals surface area contributed by atoms with Crippen LogP contribution in [0.5, 0.6) is 0 Å². The van der Waals surface area contributed by atoms with Crippen LogP contribution in [0.3, 0.4) is 0 Å². The second kappa shape index (κ2) is 8.86. The Bertz CT molecular complexity index is 854. The molecule has 0 aliphatic carbocycles. The lowest BCUT2D eigenvalue weighted by Gasteiger charge is -2.32. The zero-order valence-corrected chi connectivity index (χ0v) is 17.9. The topological polar surface area (TPSA) is 78.4 Å². The quantitative estimate of drug-likeness (QED) is 0.802. The first kappa shape index (κ1) is 20.5. The Morgan fingerprint density at radius 2 is 1.89 bits per heavy atom. The van der Waals surface area contributed by atoms with E-state index in [-0.39, 0.29) is 24.3 Å². The van der Waals surface area contributed by atoms with Gasteiger partial charge < -0.3 is 15.1 Å². The molecule has 8 heteroatoms. The molecule has 1 N–H and O–H groups in total. The van der Waals surface area contributed by atoms with Crippen LogP contribution < -0.4 is 10.2 Å². The lowest BCUT2D eigenvalue weighted by atomic mass is 9.95. The molecule has 0 unspecified atom stereocenters. The molecule has 2 amide bonds. The summed E-state index contributed by atoms with van der Waals surface area (Å²) < 4.78 is 0. The maximum Gasteiger partial charge on any atom is 0.241 e. The Morgan fingerprint density at radius 3 is 2.54 bits per heavy atom. The molecule has 3 rings (SSSR count). The second-order valence-corrected chi connectivity index (χ2v) is 8.41. The minimum absolute atomic E-state index is 0.0180. The van der Waals surface area contributed by atoms with Crippen molar-refractivity contribution in [2.45, 2.75) is 40.5 Å². The van der Waals surface area contributed by atoms with Crippen LogP contribution >= 0.6 is 11.3 Å². The van der Waals surface area contributed by atoms with Crippen molar-refractivity contribution in [1.29, 1.82) is 0 Å². The third-order valence-corrected chi connectivity index (χ3v) is 6.76. The standard InChI is InChI=1S/C20H29N5O2S/c1-5-24(6-2)16(26)11-21-19(27)15-7-9-25(10-8-15)18-17-13(3)14(4)28-20(17)23-12-22-18/h12,15H,5-11H2,1-4H3,(H,21,27). The van der Waals surface area contributed by atoms with Gasteiger partial charge in [-0.3, -0.25) is 9.59 Å². The molecule has 0 spiro atoms. The average Bonchev–Trinajstić information content (AvgIpc) is 3.01. The van der Waals surface area contributed by atoms with Crippen molar-refractivity contribution in [3.63, 3.8) is 0 Å². The Kier molecular flexibility index (Phi) is 6.49. The zero-order chi connectivity index (χ0) is 20.3. The van der Waals surface area contributed by atoms with Crippen molar-refractivity contribution in [3.8, 4) is 0 Å². The molecule has 1 saturated heterocycles. The van der Waals surface area contributed by atoms with Gasteiger partial charge in [0.25, 0.3) is 0 Å². The van der Waals surface area contributed by atoms with Crippen LogP contribution in [0.1, 0.15) is 37.1 Å². The molecular formula is C20H29N5O2S. The number of anilines is 1. The first-order chi connectivity index (χ1) is 13.5. The van der Waals surface area contributed by atoms with E-state index in [0.717, 1.165) is 42.0 Å². The summed E-state index contributed by atoms with van der Waals surface area (Å²) in [7, 11) is 0. The number of rotatable bonds is 6. The SMILES string of the molecule is CCN(CC)C(=O)CNC(=O)C1CCN(c2ncnc3sc(C)c(C)c23)CC1. The monoisotopic (exact) mass is 403 g/mol. The Labute approximate surface area is 170 Å². The number of piperidine rings is 1. The summed E-state index contributed by atoms with van der Waals surface area (Å²) in [4.78, 5) is 39.8. The lowest BCUT2D eigenvalue weighted by molar-refractivity contribution is -0.133. The summed E-state index contributed by atoms with van der Waals surface area (Å²) in [5, 5.41) is 3.96. The first-order valence-electron chi connectivity index (χ1n) is 9.97. The van der Waals surface area contributed by atoms with E-state index >= 15 is 0 Å². The number of amides is 2. The van der Waals surface area contributed by atoms with Gasteiger partial charge in [0.15, 0.2) is 0 Å². The second-order valence-electron chi connectivity index (χ2n) is 7.21. The molecule has 0 radical (unpaired) electrons. The number of carbonyl (C=O) groups is 2. The lowest BCUT2D eigenvalue weighted by Crippen LogP contribution is -2.44. The molecule has 0 atom stereocenters. The summed E-state index contributed by atoms with van der Waals surface area (Å²) >= 11 is 1.70. The predicted octanol–water partition coefficient (Wildman–Crippen LogP) is 2.51. The fourth-order valence-corrected chi connectivity index (χ4v) is 4.74. The fraction of sp³-hybridized carbons (Fsp3) is 0.600. The van der Waals surface area contributed by atoms with Crippen LogP contribution in [0.15, 0.2) is 6.33 Å². The van der Waals surface area contributed by atoms with Crippen molar-refractivity contribution in [2.75, 3.05) is 37.6 Å². The van der Waals surface area contributed by atoms with Crippen molar-refractivity contribution >= 4 is 39.2 Å². The van der Waals surface area contributed by atoms with Crippen LogP contribution in [0.25, 0.3) is 10.2 Å². The van der Waals surface area contributed by atoms with Crippen LogP contribution in [0.2, 0.25) is 0 Å². The van der Waals surface area contributed by atoms with Gasteiger partial charge in [-0.05, 0) is 46.1 Å². The van der Waals surface area contributed by atoms with Crippen molar-refractivity contribution in [1.82, 2.24) is 20.2 Å². The molecule has 28 heavy (non-hydrogen) atoms. The van der Waals surface area contributed by atoms with Crippen LogP contribution in [0.4, 0.5) is 5.82 Å². The Balaban J connectivity index is 1.59. The van der Waals surface area contributed by atoms with Crippen molar-refractivity contribution in [3.05, 3.63) is 16.8 Å². The molecule has 0 aromatic carbocycles. The van der Waals surface area contributed by atoms with Gasteiger partial charge in [0.1, 0.15) is 17.0 Å². The highest BCUT2D eigenvalue weighted by Gasteiger charge is 2.27. The van der Waals surface area contributed by atoms with Gasteiger partial charge in [-0.2, -0.15) is 0 Å². The number of hydrogen-bond acceptors (Lipinski definition) is 6. The van der Waals surface area contributed by atoms with Crippen LogP contribution in [-0.2, 0) is 9.59 Å². The van der Waals surface area contributed by atoms with E-state index in [1.54, 1.807) is 22.6 Å². The highest BCUT2D eigenvalue weighted by Crippen LogP contribution is 2.35. The Morgan fingerprint density at radius 1 is 1.21 bits per heavy atom. The number of nitrogens with zero attached hydrogens (tertiary/aromatic N) is 4. The number of carbonyl (C=O) groups excluding carboxylic acids is 2. The summed E-state index contributed by atoms with van der Waals surface area (Å²) in [5.41, 5.74) is 1.24. The molecule has 1 aliphatic rings. The van der Waals surface area contributed by atoms with E-state index < -0.39 is 0 Å². The Hall–Kier alpha value is -2.22. The predicted molar refractivity (Wildman–Crippen MR) is 113 cm³/mol. The highest BCUT2D eigenvalue weighted by atomic mass is 32.1. The van der Waals surface area contributed by atoms with E-state index in [1.165, 1.54) is 10.4 Å². The third-order valence-electron chi connectivity index (χ3n) is 5.64. The number of aromatic nitrogens is 2. The van der Waals surface area contributed by atoms with E-state index in [2.05, 4.69) is 34.0 Å². The number of fused-ring (bicyclic) bond motifs is 1. The molecule has 1 aliphatic heterocycles. The molecule has 0 bridgehead atoms. The molecular weight excluding hydrogens is 374 g/mol. The van der Waals surface area contributed by atoms with Gasteiger partial charge in [0.2, 0.25) is 11.8 Å². The van der Waals surface area contributed by atoms with E-state index in [4.69, 9.17) is 0 Å². The van der Waals surface area contributed by atoms with E-state index in [1.807, 2.05) is 13.8 Å². The number of thiophene rings is 1. The number of hydrogen-bond donors (Lipinski definition) is 1. The van der Waals surface area contributed by atoms with Gasteiger partial charge in [0, 0.05) is 37.0 Å². The van der Waals surface area contributed by atoms with Gasteiger partial charge in [0.05, 0.1) is 11.9 Å². The summed E-state index contributed by atoms with van der Waals surface area (Å²) in [5.74, 6) is 0.879. The molecule has 3 heterocycles. The number of aryl methyl sites for hydroxylation is 2. The first-order valence-corrected chi connectivity index (χ1v) is 10.8. The summed E-state index contributed by atoms with van der Waals surface area (Å²) in [6.45, 7) is 11.1. The molecule has 2 aromatic heterocycles. The largest absolute Gasteiger partial charge is 0.356 e.